The lowest BCUT2D eigenvalue weighted by Gasteiger charge is -1.98. The summed E-state index contributed by atoms with van der Waals surface area (Å²) in [6, 6.07) is 10.1. The van der Waals surface area contributed by atoms with Crippen molar-refractivity contribution in [2.75, 3.05) is 0 Å². The van der Waals surface area contributed by atoms with E-state index in [9.17, 15) is 4.79 Å². The molecule has 0 aliphatic rings. The van der Waals surface area contributed by atoms with E-state index in [1.54, 1.807) is 0 Å². The van der Waals surface area contributed by atoms with Gasteiger partial charge in [0.05, 0.1) is 0 Å². The second-order valence-corrected chi connectivity index (χ2v) is 3.25. The molecule has 16 heavy (non-hydrogen) atoms. The van der Waals surface area contributed by atoms with E-state index in [4.69, 9.17) is 5.11 Å². The zero-order valence-corrected chi connectivity index (χ0v) is 9.15. The largest absolute Gasteiger partial charge is 0.481 e. The van der Waals surface area contributed by atoms with Gasteiger partial charge in [-0.2, -0.15) is 0 Å². The molecule has 0 saturated carbocycles. The van der Waals surface area contributed by atoms with E-state index < -0.39 is 5.97 Å². The minimum atomic E-state index is -0.704. The van der Waals surface area contributed by atoms with Gasteiger partial charge in [0.2, 0.25) is 0 Å². The fraction of sp³-hybridized carbons (Fsp3) is 0.364. The van der Waals surface area contributed by atoms with Crippen molar-refractivity contribution in [3.8, 4) is 0 Å². The van der Waals surface area contributed by atoms with Gasteiger partial charge in [-0.25, -0.2) is 0 Å². The molecule has 0 heterocycles. The highest BCUT2D eigenvalue weighted by molar-refractivity contribution is 6.53. The van der Waals surface area contributed by atoms with Crippen molar-refractivity contribution >= 4 is 18.7 Å². The topological polar surface area (TPSA) is 100 Å². The van der Waals surface area contributed by atoms with Crippen LogP contribution in [0, 0.1) is 0 Å². The molecular formula is C11H18BO4. The van der Waals surface area contributed by atoms with Crippen LogP contribution in [0.2, 0.25) is 6.32 Å². The summed E-state index contributed by atoms with van der Waals surface area (Å²) in [5, 5.41) is 8.42. The van der Waals surface area contributed by atoms with Crippen molar-refractivity contribution in [2.45, 2.75) is 25.6 Å². The predicted octanol–water partition coefficient (Wildman–Crippen LogP) is 0.0399. The van der Waals surface area contributed by atoms with Gasteiger partial charge in [0, 0.05) is 6.42 Å². The van der Waals surface area contributed by atoms with Crippen molar-refractivity contribution in [3.63, 3.8) is 0 Å². The smallest absolute Gasteiger partial charge is 0.303 e. The normalized spacial score (nSPS) is 8.50. The van der Waals surface area contributed by atoms with E-state index in [0.29, 0.717) is 0 Å². The lowest BCUT2D eigenvalue weighted by molar-refractivity contribution is -0.137. The maximum Gasteiger partial charge on any atom is 0.303 e. The van der Waals surface area contributed by atoms with Gasteiger partial charge in [-0.05, 0) is 6.42 Å². The summed E-state index contributed by atoms with van der Waals surface area (Å²) in [6.07, 6.45) is 2.94. The summed E-state index contributed by atoms with van der Waals surface area (Å²) in [5.41, 5.74) is 1.21. The predicted molar refractivity (Wildman–Crippen MR) is 65.4 cm³/mol. The third-order valence-electron chi connectivity index (χ3n) is 2.02. The first-order valence-corrected chi connectivity index (χ1v) is 4.89. The molecule has 0 fully saturated rings. The minimum Gasteiger partial charge on any atom is -0.481 e. The van der Waals surface area contributed by atoms with E-state index in [0.717, 1.165) is 19.2 Å². The van der Waals surface area contributed by atoms with Gasteiger partial charge in [0.15, 0.2) is 7.28 Å². The van der Waals surface area contributed by atoms with Crippen molar-refractivity contribution in [1.29, 1.82) is 0 Å². The number of carboxylic acid groups (broad SMARTS) is 1. The highest BCUT2D eigenvalue weighted by atomic mass is 16.4. The van der Waals surface area contributed by atoms with Gasteiger partial charge in [-0.1, -0.05) is 48.5 Å². The van der Waals surface area contributed by atoms with Crippen LogP contribution >= 0.6 is 0 Å². The van der Waals surface area contributed by atoms with Gasteiger partial charge in [0.25, 0.3) is 0 Å². The summed E-state index contributed by atoms with van der Waals surface area (Å²) >= 11 is 0. The second-order valence-electron chi connectivity index (χ2n) is 3.25. The molecule has 1 radical (unpaired) electrons. The monoisotopic (exact) mass is 225 g/mol. The molecular weight excluding hydrogens is 207 g/mol. The Kier molecular flexibility index (Phi) is 10.9. The average Bonchev–Trinajstić information content (AvgIpc) is 2.18. The van der Waals surface area contributed by atoms with E-state index >= 15 is 0 Å². The number of carboxylic acids is 1. The fourth-order valence-corrected chi connectivity index (χ4v) is 1.28. The summed E-state index contributed by atoms with van der Waals surface area (Å²) in [4.78, 5) is 10.2. The van der Waals surface area contributed by atoms with Crippen molar-refractivity contribution < 1.29 is 20.9 Å². The van der Waals surface area contributed by atoms with E-state index in [1.165, 1.54) is 5.46 Å². The van der Waals surface area contributed by atoms with Crippen LogP contribution < -0.4 is 5.46 Å². The van der Waals surface area contributed by atoms with Gasteiger partial charge in [0.1, 0.15) is 0 Å². The highest BCUT2D eigenvalue weighted by Gasteiger charge is 1.97. The first kappa shape index (κ1) is 17.1. The Morgan fingerprint density at radius 3 is 2.31 bits per heavy atom. The molecule has 1 aromatic carbocycles. The number of benzene rings is 1. The van der Waals surface area contributed by atoms with Crippen molar-refractivity contribution in [3.05, 3.63) is 30.3 Å². The molecule has 0 unspecified atom stereocenters. The Hall–Kier alpha value is -1.33. The molecule has 0 atom stereocenters. The van der Waals surface area contributed by atoms with Gasteiger partial charge in [-0.3, -0.25) is 4.79 Å². The van der Waals surface area contributed by atoms with Gasteiger partial charge < -0.3 is 16.1 Å². The Bertz CT molecular complexity index is 277. The zero-order chi connectivity index (χ0) is 10.2. The third-order valence-corrected chi connectivity index (χ3v) is 2.02. The van der Waals surface area contributed by atoms with Gasteiger partial charge in [-0.15, -0.1) is 0 Å². The Balaban J connectivity index is 0. The Morgan fingerprint density at radius 2 is 1.75 bits per heavy atom. The molecule has 5 heteroatoms. The van der Waals surface area contributed by atoms with Crippen LogP contribution in [0.4, 0.5) is 0 Å². The first-order valence-electron chi connectivity index (χ1n) is 4.89. The second kappa shape index (κ2) is 10.2. The maximum atomic E-state index is 10.2. The van der Waals surface area contributed by atoms with E-state index in [-0.39, 0.29) is 17.4 Å². The van der Waals surface area contributed by atoms with Gasteiger partial charge >= 0.3 is 5.97 Å². The van der Waals surface area contributed by atoms with Crippen LogP contribution in [-0.4, -0.2) is 29.3 Å². The summed E-state index contributed by atoms with van der Waals surface area (Å²) in [6.45, 7) is 0. The molecule has 0 amide bonds. The number of unbranched alkanes of at least 4 members (excludes halogenated alkanes) is 1. The van der Waals surface area contributed by atoms with Crippen LogP contribution in [-0.2, 0) is 4.79 Å². The molecule has 0 spiro atoms. The number of rotatable bonds is 6. The first-order chi connectivity index (χ1) is 6.79. The lowest BCUT2D eigenvalue weighted by Crippen LogP contribution is -2.12. The molecule has 0 bridgehead atoms. The SMILES string of the molecule is O.O.O=C(O)CCCC[B]c1ccccc1. The molecule has 89 valence electrons. The molecule has 1 rings (SSSR count). The quantitative estimate of drug-likeness (QED) is 0.545. The third kappa shape index (κ3) is 8.02. The number of hydrogen-bond donors (Lipinski definition) is 1. The van der Waals surface area contributed by atoms with Crippen LogP contribution in [0.15, 0.2) is 30.3 Å². The van der Waals surface area contributed by atoms with Crippen molar-refractivity contribution in [2.24, 2.45) is 0 Å². The zero-order valence-electron chi connectivity index (χ0n) is 9.15. The van der Waals surface area contributed by atoms with Crippen LogP contribution in [0.25, 0.3) is 0 Å². The Labute approximate surface area is 96.2 Å². The van der Waals surface area contributed by atoms with Crippen LogP contribution in [0.3, 0.4) is 0 Å². The molecule has 0 aromatic heterocycles. The molecule has 4 nitrogen and oxygen atoms in total. The van der Waals surface area contributed by atoms with Crippen molar-refractivity contribution in [1.82, 2.24) is 0 Å². The Morgan fingerprint density at radius 1 is 1.12 bits per heavy atom. The standard InChI is InChI=1S/C11H14BO2.2H2O/c13-11(14)8-4-5-9-12-10-6-2-1-3-7-10;;/h1-3,6-7H,4-5,8-9H2,(H,13,14);2*1H2. The average molecular weight is 225 g/mol. The fourth-order valence-electron chi connectivity index (χ4n) is 1.28. The van der Waals surface area contributed by atoms with E-state index in [2.05, 4.69) is 19.4 Å². The van der Waals surface area contributed by atoms with E-state index in [1.807, 2.05) is 18.2 Å². The maximum absolute atomic E-state index is 10.2. The summed E-state index contributed by atoms with van der Waals surface area (Å²) in [7, 11) is 2.14. The molecule has 0 saturated heterocycles. The molecule has 5 N–H and O–H groups in total. The lowest BCUT2D eigenvalue weighted by atomic mass is 9.66. The number of aliphatic carboxylic acids is 1. The molecule has 1 aromatic rings. The number of carbonyl (C=O) groups is 1. The van der Waals surface area contributed by atoms with Crippen LogP contribution in [0.1, 0.15) is 19.3 Å². The molecule has 0 aliphatic carbocycles. The highest BCUT2D eigenvalue weighted by Crippen LogP contribution is 1.99. The molecule has 0 aliphatic heterocycles. The number of hydrogen-bond acceptors (Lipinski definition) is 1. The summed E-state index contributed by atoms with van der Waals surface area (Å²) < 4.78 is 0. The van der Waals surface area contributed by atoms with Crippen LogP contribution in [0.5, 0.6) is 0 Å². The summed E-state index contributed by atoms with van der Waals surface area (Å²) in [5.74, 6) is -0.704. The minimum absolute atomic E-state index is 0.